The van der Waals surface area contributed by atoms with E-state index in [2.05, 4.69) is 25.6 Å². The quantitative estimate of drug-likeness (QED) is 0.412. The Hall–Kier alpha value is -2.49. The molecule has 0 radical (unpaired) electrons. The minimum Gasteiger partial charge on any atom is -0.376 e. The largest absolute Gasteiger partial charge is 0.376 e. The highest BCUT2D eigenvalue weighted by molar-refractivity contribution is 7.98. The molecule has 0 aliphatic carbocycles. The summed E-state index contributed by atoms with van der Waals surface area (Å²) >= 11 is 7.77. The fourth-order valence-corrected chi connectivity index (χ4v) is 4.63. The van der Waals surface area contributed by atoms with Gasteiger partial charge in [-0.1, -0.05) is 34.6 Å². The summed E-state index contributed by atoms with van der Waals surface area (Å²) in [5.74, 6) is 0.145. The summed E-state index contributed by atoms with van der Waals surface area (Å²) in [4.78, 5) is 21.9. The first-order chi connectivity index (χ1) is 15.4. The summed E-state index contributed by atoms with van der Waals surface area (Å²) in [6.07, 6.45) is 2.01. The lowest BCUT2D eigenvalue weighted by atomic mass is 10.2. The highest BCUT2D eigenvalue weighted by Gasteiger charge is 2.23. The molecule has 1 aromatic carbocycles. The molecule has 2 aromatic heterocycles. The molecule has 1 fully saturated rings. The normalized spacial score (nSPS) is 15.8. The van der Waals surface area contributed by atoms with E-state index in [0.29, 0.717) is 28.2 Å². The summed E-state index contributed by atoms with van der Waals surface area (Å²) in [5, 5.41) is 12.7. The second-order valence-electron chi connectivity index (χ2n) is 7.80. The number of thioether (sulfide) groups is 1. The van der Waals surface area contributed by atoms with Gasteiger partial charge in [-0.3, -0.25) is 4.79 Å². The number of hydrogen-bond donors (Lipinski definition) is 1. The van der Waals surface area contributed by atoms with E-state index in [1.807, 2.05) is 45.0 Å². The van der Waals surface area contributed by atoms with Gasteiger partial charge in [0.05, 0.1) is 17.5 Å². The Balaban J connectivity index is 1.62. The number of aryl methyl sites for hydroxylation is 3. The molecule has 168 valence electrons. The zero-order valence-electron chi connectivity index (χ0n) is 18.3. The van der Waals surface area contributed by atoms with Gasteiger partial charge in [0.15, 0.2) is 10.9 Å². The number of hydrogen-bond acceptors (Lipinski definition) is 7. The third kappa shape index (κ3) is 5.28. The first-order valence-corrected chi connectivity index (χ1v) is 11.8. The molecule has 1 atom stereocenters. The Morgan fingerprint density at radius 3 is 2.72 bits per heavy atom. The molecule has 0 spiro atoms. The summed E-state index contributed by atoms with van der Waals surface area (Å²) in [6, 6.07) is 7.57. The van der Waals surface area contributed by atoms with Gasteiger partial charge in [-0.25, -0.2) is 14.6 Å². The van der Waals surface area contributed by atoms with E-state index in [4.69, 9.17) is 16.3 Å². The first kappa shape index (κ1) is 22.7. The molecule has 1 saturated heterocycles. The molecule has 4 rings (SSSR count). The van der Waals surface area contributed by atoms with Gasteiger partial charge in [0.1, 0.15) is 0 Å². The van der Waals surface area contributed by atoms with Crippen molar-refractivity contribution in [2.75, 3.05) is 13.2 Å². The zero-order valence-corrected chi connectivity index (χ0v) is 19.8. The maximum absolute atomic E-state index is 13.0. The fraction of sp³-hybridized carbons (Fsp3) is 0.409. The van der Waals surface area contributed by atoms with E-state index < -0.39 is 0 Å². The van der Waals surface area contributed by atoms with Crippen molar-refractivity contribution in [3.63, 3.8) is 0 Å². The lowest BCUT2D eigenvalue weighted by Gasteiger charge is -2.11. The second-order valence-corrected chi connectivity index (χ2v) is 9.15. The van der Waals surface area contributed by atoms with Crippen molar-refractivity contribution in [3.8, 4) is 5.69 Å². The van der Waals surface area contributed by atoms with Gasteiger partial charge < -0.3 is 10.1 Å². The van der Waals surface area contributed by atoms with Crippen LogP contribution in [0.25, 0.3) is 5.69 Å². The molecule has 1 unspecified atom stereocenters. The topological polar surface area (TPSA) is 94.8 Å². The molecule has 0 bridgehead atoms. The third-order valence-electron chi connectivity index (χ3n) is 5.19. The van der Waals surface area contributed by atoms with Crippen molar-refractivity contribution in [2.24, 2.45) is 0 Å². The van der Waals surface area contributed by atoms with Gasteiger partial charge in [-0.2, -0.15) is 0 Å². The summed E-state index contributed by atoms with van der Waals surface area (Å²) in [7, 11) is 0. The highest BCUT2D eigenvalue weighted by Crippen LogP contribution is 2.26. The Morgan fingerprint density at radius 1 is 1.25 bits per heavy atom. The number of ether oxygens (including phenoxy) is 1. The van der Waals surface area contributed by atoms with Crippen LogP contribution in [0.1, 0.15) is 46.0 Å². The lowest BCUT2D eigenvalue weighted by molar-refractivity contribution is 0.0853. The van der Waals surface area contributed by atoms with Gasteiger partial charge in [0, 0.05) is 35.3 Å². The Kier molecular flexibility index (Phi) is 7.07. The van der Waals surface area contributed by atoms with Crippen LogP contribution in [-0.2, 0) is 10.5 Å². The van der Waals surface area contributed by atoms with Crippen LogP contribution in [0.2, 0.25) is 5.02 Å². The van der Waals surface area contributed by atoms with Crippen LogP contribution in [0.4, 0.5) is 0 Å². The van der Waals surface area contributed by atoms with Crippen molar-refractivity contribution in [2.45, 2.75) is 50.6 Å². The Labute approximate surface area is 196 Å². The zero-order chi connectivity index (χ0) is 22.7. The van der Waals surface area contributed by atoms with E-state index in [1.165, 1.54) is 11.8 Å². The van der Waals surface area contributed by atoms with Gasteiger partial charge in [-0.15, -0.1) is 5.10 Å². The Morgan fingerprint density at radius 2 is 2.03 bits per heavy atom. The van der Waals surface area contributed by atoms with Crippen molar-refractivity contribution in [1.82, 2.24) is 30.3 Å². The SMILES string of the molecule is Cc1cc(C)nc(SCc2c(C(=O)NCC3CCCO3)nnn2-c2ccc(C)c(Cl)c2)n1. The molecular weight excluding hydrogens is 448 g/mol. The minimum absolute atomic E-state index is 0.0476. The fourth-order valence-electron chi connectivity index (χ4n) is 3.52. The molecule has 1 aliphatic rings. The number of rotatable bonds is 7. The number of halogens is 1. The minimum atomic E-state index is -0.276. The Bertz CT molecular complexity index is 1110. The summed E-state index contributed by atoms with van der Waals surface area (Å²) < 4.78 is 7.26. The van der Waals surface area contributed by atoms with Crippen molar-refractivity contribution < 1.29 is 9.53 Å². The molecule has 1 N–H and O–H groups in total. The molecule has 3 heterocycles. The smallest absolute Gasteiger partial charge is 0.273 e. The monoisotopic (exact) mass is 472 g/mol. The molecule has 0 saturated carbocycles. The van der Waals surface area contributed by atoms with Crippen LogP contribution in [0.5, 0.6) is 0 Å². The summed E-state index contributed by atoms with van der Waals surface area (Å²) in [5.41, 5.74) is 4.42. The average Bonchev–Trinajstić information content (AvgIpc) is 3.42. The number of nitrogens with one attached hydrogen (secondary N) is 1. The maximum Gasteiger partial charge on any atom is 0.273 e. The third-order valence-corrected chi connectivity index (χ3v) is 6.46. The van der Waals surface area contributed by atoms with Crippen LogP contribution >= 0.6 is 23.4 Å². The number of nitrogens with zero attached hydrogens (tertiary/aromatic N) is 5. The number of carbonyl (C=O) groups is 1. The van der Waals surface area contributed by atoms with E-state index in [0.717, 1.165) is 42.1 Å². The molecule has 8 nitrogen and oxygen atoms in total. The number of amides is 1. The maximum atomic E-state index is 13.0. The second kappa shape index (κ2) is 9.97. The van der Waals surface area contributed by atoms with Crippen LogP contribution < -0.4 is 5.32 Å². The number of benzene rings is 1. The van der Waals surface area contributed by atoms with Crippen LogP contribution in [0, 0.1) is 20.8 Å². The van der Waals surface area contributed by atoms with Crippen LogP contribution in [0.3, 0.4) is 0 Å². The molecule has 1 aliphatic heterocycles. The van der Waals surface area contributed by atoms with Crippen LogP contribution in [-0.4, -0.2) is 50.1 Å². The van der Waals surface area contributed by atoms with E-state index in [1.54, 1.807) is 4.68 Å². The number of carbonyl (C=O) groups excluding carboxylic acids is 1. The lowest BCUT2D eigenvalue weighted by Crippen LogP contribution is -2.32. The molecule has 10 heteroatoms. The average molecular weight is 473 g/mol. The molecular formula is C22H25ClN6O2S. The number of aromatic nitrogens is 5. The van der Waals surface area contributed by atoms with E-state index in [-0.39, 0.29) is 17.7 Å². The summed E-state index contributed by atoms with van der Waals surface area (Å²) in [6.45, 7) is 6.99. The predicted octanol–water partition coefficient (Wildman–Crippen LogP) is 3.84. The van der Waals surface area contributed by atoms with Crippen molar-refractivity contribution >= 4 is 29.3 Å². The predicted molar refractivity (Wildman–Crippen MR) is 123 cm³/mol. The van der Waals surface area contributed by atoms with Crippen molar-refractivity contribution in [3.05, 3.63) is 57.6 Å². The van der Waals surface area contributed by atoms with Gasteiger partial charge in [0.25, 0.3) is 5.91 Å². The highest BCUT2D eigenvalue weighted by atomic mass is 35.5. The van der Waals surface area contributed by atoms with Gasteiger partial charge in [-0.05, 0) is 57.4 Å². The van der Waals surface area contributed by atoms with Crippen LogP contribution in [0.15, 0.2) is 29.4 Å². The molecule has 32 heavy (non-hydrogen) atoms. The first-order valence-electron chi connectivity index (χ1n) is 10.5. The van der Waals surface area contributed by atoms with Gasteiger partial charge >= 0.3 is 0 Å². The molecule has 3 aromatic rings. The molecule has 1 amide bonds. The van der Waals surface area contributed by atoms with Crippen molar-refractivity contribution in [1.29, 1.82) is 0 Å². The standard InChI is InChI=1S/C22H25ClN6O2S/c1-13-6-7-16(10-18(13)23)29-19(12-32-22-25-14(2)9-15(3)26-22)20(27-28-29)21(30)24-11-17-5-4-8-31-17/h6-7,9-10,17H,4-5,8,11-12H2,1-3H3,(H,24,30). The van der Waals surface area contributed by atoms with E-state index >= 15 is 0 Å². The van der Waals surface area contributed by atoms with Gasteiger partial charge in [0.2, 0.25) is 0 Å². The van der Waals surface area contributed by atoms with E-state index in [9.17, 15) is 4.79 Å².